The predicted molar refractivity (Wildman–Crippen MR) is 68.4 cm³/mol. The first-order chi connectivity index (χ1) is 10.2. The highest BCUT2D eigenvalue weighted by Gasteiger charge is 2.34. The number of nitrogens with zero attached hydrogens (tertiary/aromatic N) is 1. The molecule has 0 saturated carbocycles. The van der Waals surface area contributed by atoms with E-state index in [1.165, 1.54) is 4.90 Å². The monoisotopic (exact) mass is 321 g/mol. The van der Waals surface area contributed by atoms with Crippen LogP contribution < -0.4 is 0 Å². The molecule has 0 radical (unpaired) electrons. The van der Waals surface area contributed by atoms with Gasteiger partial charge >= 0.3 is 12.1 Å². The lowest BCUT2D eigenvalue weighted by atomic mass is 9.94. The number of halogens is 4. The average Bonchev–Trinajstić information content (AvgIpc) is 2.41. The molecule has 0 aliphatic carbocycles. The topological polar surface area (TPSA) is 60.8 Å². The molecule has 2 N–H and O–H groups in total. The third-order valence-corrected chi connectivity index (χ3v) is 3.74. The van der Waals surface area contributed by atoms with Gasteiger partial charge in [-0.2, -0.15) is 13.2 Å². The van der Waals surface area contributed by atoms with Crippen molar-refractivity contribution >= 4 is 5.97 Å². The zero-order chi connectivity index (χ0) is 16.5. The Morgan fingerprint density at radius 3 is 2.64 bits per heavy atom. The summed E-state index contributed by atoms with van der Waals surface area (Å²) in [4.78, 5) is 12.5. The number of carbonyl (C=O) groups is 1. The first kappa shape index (κ1) is 16.7. The van der Waals surface area contributed by atoms with Gasteiger partial charge in [0.05, 0.1) is 17.6 Å². The van der Waals surface area contributed by atoms with Crippen LogP contribution in [0.3, 0.4) is 0 Å². The molecule has 122 valence electrons. The first-order valence-electron chi connectivity index (χ1n) is 6.67. The molecule has 0 unspecified atom stereocenters. The fourth-order valence-electron chi connectivity index (χ4n) is 2.51. The number of likely N-dealkylation sites (tertiary alicyclic amines) is 1. The predicted octanol–water partition coefficient (Wildman–Crippen LogP) is 2.11. The fourth-order valence-corrected chi connectivity index (χ4v) is 2.51. The van der Waals surface area contributed by atoms with E-state index in [1.54, 1.807) is 0 Å². The van der Waals surface area contributed by atoms with Gasteiger partial charge in [-0.15, -0.1) is 0 Å². The van der Waals surface area contributed by atoms with Gasteiger partial charge in [-0.3, -0.25) is 9.69 Å². The van der Waals surface area contributed by atoms with E-state index in [-0.39, 0.29) is 25.1 Å². The maximum absolute atomic E-state index is 13.7. The van der Waals surface area contributed by atoms with E-state index < -0.39 is 35.5 Å². The van der Waals surface area contributed by atoms with Gasteiger partial charge in [0, 0.05) is 25.2 Å². The van der Waals surface area contributed by atoms with Crippen molar-refractivity contribution < 1.29 is 32.6 Å². The van der Waals surface area contributed by atoms with Crippen LogP contribution in [0.15, 0.2) is 18.2 Å². The second-order valence-electron chi connectivity index (χ2n) is 5.34. The van der Waals surface area contributed by atoms with E-state index in [4.69, 9.17) is 5.11 Å². The van der Waals surface area contributed by atoms with Crippen LogP contribution in [0, 0.1) is 11.7 Å². The normalized spacial score (nSPS) is 23.5. The summed E-state index contributed by atoms with van der Waals surface area (Å²) >= 11 is 0. The summed E-state index contributed by atoms with van der Waals surface area (Å²) in [6.07, 6.45) is -5.39. The van der Waals surface area contributed by atoms with Gasteiger partial charge in [0.2, 0.25) is 0 Å². The van der Waals surface area contributed by atoms with Crippen LogP contribution in [0.4, 0.5) is 17.6 Å². The van der Waals surface area contributed by atoms with Crippen LogP contribution in [0.2, 0.25) is 0 Å². The van der Waals surface area contributed by atoms with Crippen LogP contribution in [0.1, 0.15) is 17.5 Å². The Bertz CT molecular complexity index is 562. The Morgan fingerprint density at radius 1 is 1.36 bits per heavy atom. The average molecular weight is 321 g/mol. The number of aliphatic carboxylic acids is 1. The molecule has 1 saturated heterocycles. The molecule has 8 heteroatoms. The molecule has 1 aromatic carbocycles. The summed E-state index contributed by atoms with van der Waals surface area (Å²) in [5, 5.41) is 18.6. The van der Waals surface area contributed by atoms with Crippen LogP contribution in [-0.2, 0) is 17.5 Å². The lowest BCUT2D eigenvalue weighted by Gasteiger charge is -2.34. The minimum atomic E-state index is -4.57. The van der Waals surface area contributed by atoms with Gasteiger partial charge in [0.25, 0.3) is 0 Å². The molecule has 2 rings (SSSR count). The molecule has 1 aromatic rings. The minimum absolute atomic E-state index is 0.0355. The number of hydrogen-bond donors (Lipinski definition) is 2. The van der Waals surface area contributed by atoms with Gasteiger partial charge in [-0.1, -0.05) is 0 Å². The fraction of sp³-hybridized carbons (Fsp3) is 0.500. The van der Waals surface area contributed by atoms with E-state index in [1.807, 2.05) is 0 Å². The minimum Gasteiger partial charge on any atom is -0.481 e. The highest BCUT2D eigenvalue weighted by molar-refractivity contribution is 5.71. The molecule has 1 heterocycles. The summed E-state index contributed by atoms with van der Waals surface area (Å²) in [7, 11) is 0. The number of carboxylic acids is 1. The molecule has 4 nitrogen and oxygen atoms in total. The summed E-state index contributed by atoms with van der Waals surface area (Å²) in [6, 6.07) is 2.15. The first-order valence-corrected chi connectivity index (χ1v) is 6.67. The molecule has 1 aliphatic rings. The van der Waals surface area contributed by atoms with E-state index >= 15 is 0 Å². The summed E-state index contributed by atoms with van der Waals surface area (Å²) in [5.41, 5.74) is -1.09. The van der Waals surface area contributed by atoms with Gasteiger partial charge in [0.15, 0.2) is 0 Å². The lowest BCUT2D eigenvalue weighted by Crippen LogP contribution is -2.46. The third kappa shape index (κ3) is 3.75. The number of rotatable bonds is 3. The smallest absolute Gasteiger partial charge is 0.416 e. The van der Waals surface area contributed by atoms with Gasteiger partial charge in [0.1, 0.15) is 5.82 Å². The lowest BCUT2D eigenvalue weighted by molar-refractivity contribution is -0.149. The largest absolute Gasteiger partial charge is 0.481 e. The summed E-state index contributed by atoms with van der Waals surface area (Å²) < 4.78 is 51.6. The Morgan fingerprint density at radius 2 is 2.05 bits per heavy atom. The zero-order valence-corrected chi connectivity index (χ0v) is 11.5. The third-order valence-electron chi connectivity index (χ3n) is 3.74. The van der Waals surface area contributed by atoms with Crippen molar-refractivity contribution in [3.05, 3.63) is 35.1 Å². The number of aliphatic hydroxyl groups is 1. The van der Waals surface area contributed by atoms with Crippen LogP contribution in [-0.4, -0.2) is 40.3 Å². The van der Waals surface area contributed by atoms with Crippen molar-refractivity contribution in [3.63, 3.8) is 0 Å². The van der Waals surface area contributed by atoms with E-state index in [0.717, 1.165) is 12.1 Å². The van der Waals surface area contributed by atoms with E-state index in [2.05, 4.69) is 0 Å². The Labute approximate surface area is 124 Å². The van der Waals surface area contributed by atoms with Crippen molar-refractivity contribution in [1.29, 1.82) is 0 Å². The molecule has 1 aliphatic heterocycles. The molecule has 0 aromatic heterocycles. The number of hydrogen-bond acceptors (Lipinski definition) is 3. The van der Waals surface area contributed by atoms with Crippen molar-refractivity contribution in [2.75, 3.05) is 13.1 Å². The van der Waals surface area contributed by atoms with Crippen molar-refractivity contribution in [2.24, 2.45) is 5.92 Å². The van der Waals surface area contributed by atoms with Crippen LogP contribution >= 0.6 is 0 Å². The van der Waals surface area contributed by atoms with Crippen molar-refractivity contribution in [3.8, 4) is 0 Å². The number of alkyl halides is 3. The van der Waals surface area contributed by atoms with Gasteiger partial charge in [-0.05, 0) is 24.6 Å². The van der Waals surface area contributed by atoms with Crippen LogP contribution in [0.5, 0.6) is 0 Å². The van der Waals surface area contributed by atoms with Gasteiger partial charge < -0.3 is 10.2 Å². The number of benzene rings is 1. The molecule has 0 bridgehead atoms. The van der Waals surface area contributed by atoms with E-state index in [0.29, 0.717) is 12.6 Å². The summed E-state index contributed by atoms with van der Waals surface area (Å²) in [6.45, 7) is 0.124. The van der Waals surface area contributed by atoms with E-state index in [9.17, 15) is 27.5 Å². The molecule has 0 spiro atoms. The number of aliphatic hydroxyl groups excluding tert-OH is 1. The molecular weight excluding hydrogens is 306 g/mol. The zero-order valence-electron chi connectivity index (χ0n) is 11.5. The highest BCUT2D eigenvalue weighted by atomic mass is 19.4. The highest BCUT2D eigenvalue weighted by Crippen LogP contribution is 2.31. The molecule has 0 amide bonds. The molecule has 1 fully saturated rings. The Hall–Kier alpha value is -1.67. The Kier molecular flexibility index (Phi) is 4.72. The molecular formula is C14H15F4NO3. The number of carboxylic acid groups (broad SMARTS) is 1. The Balaban J connectivity index is 2.15. The maximum atomic E-state index is 13.7. The summed E-state index contributed by atoms with van der Waals surface area (Å²) in [5.74, 6) is -2.98. The SMILES string of the molecule is O=C(O)[C@H]1CN(Cc2cc(C(F)(F)F)ccc2F)CC[C@H]1O. The van der Waals surface area contributed by atoms with Crippen molar-refractivity contribution in [2.45, 2.75) is 25.2 Å². The molecule has 22 heavy (non-hydrogen) atoms. The maximum Gasteiger partial charge on any atom is 0.416 e. The second kappa shape index (κ2) is 6.21. The number of piperidine rings is 1. The van der Waals surface area contributed by atoms with Gasteiger partial charge in [-0.25, -0.2) is 4.39 Å². The quantitative estimate of drug-likeness (QED) is 0.837. The standard InChI is InChI=1S/C14H15F4NO3/c15-11-2-1-9(14(16,17)18)5-8(11)6-19-4-3-12(20)10(7-19)13(21)22/h1-2,5,10,12,20H,3-4,6-7H2,(H,21,22)/t10-,12+/m0/s1. The van der Waals surface area contributed by atoms with Crippen LogP contribution in [0.25, 0.3) is 0 Å². The molecule has 2 atom stereocenters. The van der Waals surface area contributed by atoms with Crippen molar-refractivity contribution in [1.82, 2.24) is 4.90 Å². The second-order valence-corrected chi connectivity index (χ2v) is 5.34.